The van der Waals surface area contributed by atoms with Gasteiger partial charge in [0.1, 0.15) is 11.3 Å². The Kier molecular flexibility index (Phi) is 4.76. The molecule has 21 heavy (non-hydrogen) atoms. The van der Waals surface area contributed by atoms with Crippen molar-refractivity contribution in [2.45, 2.75) is 45.2 Å². The third kappa shape index (κ3) is 3.22. The van der Waals surface area contributed by atoms with Gasteiger partial charge in [-0.15, -0.1) is 11.6 Å². The quantitative estimate of drug-likeness (QED) is 0.796. The molecule has 0 bridgehead atoms. The molecule has 0 aromatic carbocycles. The summed E-state index contributed by atoms with van der Waals surface area (Å²) in [5, 5.41) is 0. The van der Waals surface area contributed by atoms with Crippen molar-refractivity contribution < 1.29 is 0 Å². The van der Waals surface area contributed by atoms with E-state index in [1.165, 1.54) is 37.9 Å². The van der Waals surface area contributed by atoms with Crippen molar-refractivity contribution in [1.82, 2.24) is 19.4 Å². The molecule has 0 amide bonds. The minimum absolute atomic E-state index is 0.532. The fraction of sp³-hybridized carbons (Fsp3) is 0.625. The number of hydrogen-bond acceptors (Lipinski definition) is 3. The average Bonchev–Trinajstić information content (AvgIpc) is 2.86. The van der Waals surface area contributed by atoms with Gasteiger partial charge in [0.05, 0.1) is 11.7 Å². The van der Waals surface area contributed by atoms with Gasteiger partial charge < -0.3 is 4.57 Å². The number of fused-ring (bicyclic) bond motifs is 1. The van der Waals surface area contributed by atoms with Gasteiger partial charge in [-0.1, -0.05) is 6.42 Å². The van der Waals surface area contributed by atoms with Crippen LogP contribution in [0.25, 0.3) is 11.0 Å². The van der Waals surface area contributed by atoms with E-state index in [0.717, 1.165) is 24.3 Å². The number of aryl methyl sites for hydroxylation is 1. The molecule has 2 aromatic rings. The standard InChI is InChI=1S/C16H23ClN4/c1-13(20-9-3-2-4-10-20)12-21-15-6-8-18-11-14(15)19-16(21)5-7-17/h6,8,11,13H,2-5,7,9-10,12H2,1H3. The third-order valence-corrected chi connectivity index (χ3v) is 4.60. The largest absolute Gasteiger partial charge is 0.326 e. The van der Waals surface area contributed by atoms with E-state index in [2.05, 4.69) is 27.4 Å². The molecule has 0 aliphatic carbocycles. The third-order valence-electron chi connectivity index (χ3n) is 4.41. The SMILES string of the molecule is CC(Cn1c(CCCl)nc2cnccc21)N1CCCCC1. The summed E-state index contributed by atoms with van der Waals surface area (Å²) in [5.41, 5.74) is 2.15. The monoisotopic (exact) mass is 306 g/mol. The lowest BCUT2D eigenvalue weighted by atomic mass is 10.1. The van der Waals surface area contributed by atoms with Gasteiger partial charge in [0.15, 0.2) is 0 Å². The lowest BCUT2D eigenvalue weighted by Gasteiger charge is -2.33. The molecule has 0 radical (unpaired) electrons. The number of hydrogen-bond donors (Lipinski definition) is 0. The summed E-state index contributed by atoms with van der Waals surface area (Å²) in [6.45, 7) is 5.75. The summed E-state index contributed by atoms with van der Waals surface area (Å²) in [4.78, 5) is 11.5. The van der Waals surface area contributed by atoms with Crippen LogP contribution in [0.4, 0.5) is 0 Å². The number of aromatic nitrogens is 3. The van der Waals surface area contributed by atoms with Gasteiger partial charge in [-0.3, -0.25) is 9.88 Å². The van der Waals surface area contributed by atoms with Gasteiger partial charge in [0.2, 0.25) is 0 Å². The maximum Gasteiger partial charge on any atom is 0.111 e. The fourth-order valence-electron chi connectivity index (χ4n) is 3.25. The van der Waals surface area contributed by atoms with Crippen LogP contribution in [-0.2, 0) is 13.0 Å². The van der Waals surface area contributed by atoms with Gasteiger partial charge >= 0.3 is 0 Å². The second-order valence-corrected chi connectivity index (χ2v) is 6.27. The number of pyridine rings is 1. The van der Waals surface area contributed by atoms with Crippen molar-refractivity contribution in [2.24, 2.45) is 0 Å². The summed E-state index contributed by atoms with van der Waals surface area (Å²) in [6, 6.07) is 2.59. The van der Waals surface area contributed by atoms with E-state index in [4.69, 9.17) is 16.6 Å². The van der Waals surface area contributed by atoms with Gasteiger partial charge in [-0.25, -0.2) is 4.98 Å². The van der Waals surface area contributed by atoms with E-state index in [1.807, 2.05) is 12.4 Å². The van der Waals surface area contributed by atoms with Crippen LogP contribution in [0.2, 0.25) is 0 Å². The Hall–Kier alpha value is -1.13. The summed E-state index contributed by atoms with van der Waals surface area (Å²) in [5.74, 6) is 1.69. The molecular weight excluding hydrogens is 284 g/mol. The number of rotatable bonds is 5. The fourth-order valence-corrected chi connectivity index (χ4v) is 3.42. The van der Waals surface area contributed by atoms with Crippen molar-refractivity contribution in [3.63, 3.8) is 0 Å². The first-order chi connectivity index (χ1) is 10.3. The molecule has 3 rings (SSSR count). The summed E-state index contributed by atoms with van der Waals surface area (Å²) < 4.78 is 2.33. The Labute approximate surface area is 131 Å². The molecule has 1 aliphatic rings. The summed E-state index contributed by atoms with van der Waals surface area (Å²) in [7, 11) is 0. The molecule has 2 aromatic heterocycles. The molecule has 1 unspecified atom stereocenters. The van der Waals surface area contributed by atoms with Crippen molar-refractivity contribution in [1.29, 1.82) is 0 Å². The van der Waals surface area contributed by atoms with Crippen LogP contribution in [0.5, 0.6) is 0 Å². The zero-order valence-electron chi connectivity index (χ0n) is 12.6. The van der Waals surface area contributed by atoms with Crippen molar-refractivity contribution in [3.8, 4) is 0 Å². The first-order valence-electron chi connectivity index (χ1n) is 7.88. The lowest BCUT2D eigenvalue weighted by molar-refractivity contribution is 0.160. The minimum atomic E-state index is 0.532. The predicted octanol–water partition coefficient (Wildman–Crippen LogP) is 3.09. The van der Waals surface area contributed by atoms with E-state index < -0.39 is 0 Å². The van der Waals surface area contributed by atoms with Crippen LogP contribution in [0, 0.1) is 0 Å². The molecule has 0 N–H and O–H groups in total. The highest BCUT2D eigenvalue weighted by atomic mass is 35.5. The number of nitrogens with zero attached hydrogens (tertiary/aromatic N) is 4. The van der Waals surface area contributed by atoms with E-state index >= 15 is 0 Å². The number of imidazole rings is 1. The van der Waals surface area contributed by atoms with Crippen LogP contribution >= 0.6 is 11.6 Å². The summed E-state index contributed by atoms with van der Waals surface area (Å²) in [6.07, 6.45) is 8.52. The molecule has 3 heterocycles. The van der Waals surface area contributed by atoms with Crippen LogP contribution in [-0.4, -0.2) is 44.4 Å². The number of halogens is 1. The van der Waals surface area contributed by atoms with Gasteiger partial charge in [0, 0.05) is 31.1 Å². The van der Waals surface area contributed by atoms with Crippen LogP contribution in [0.15, 0.2) is 18.5 Å². The number of alkyl halides is 1. The van der Waals surface area contributed by atoms with Gasteiger partial charge in [-0.2, -0.15) is 0 Å². The van der Waals surface area contributed by atoms with E-state index in [0.29, 0.717) is 11.9 Å². The zero-order chi connectivity index (χ0) is 14.7. The second kappa shape index (κ2) is 6.75. The Bertz CT molecular complexity index is 589. The Morgan fingerprint density at radius 1 is 1.29 bits per heavy atom. The van der Waals surface area contributed by atoms with Crippen molar-refractivity contribution in [3.05, 3.63) is 24.3 Å². The van der Waals surface area contributed by atoms with Crippen LogP contribution < -0.4 is 0 Å². The van der Waals surface area contributed by atoms with E-state index in [1.54, 1.807) is 0 Å². The first kappa shape index (κ1) is 14.8. The molecule has 1 aliphatic heterocycles. The van der Waals surface area contributed by atoms with Crippen LogP contribution in [0.3, 0.4) is 0 Å². The molecule has 114 valence electrons. The molecule has 1 saturated heterocycles. The highest BCUT2D eigenvalue weighted by Crippen LogP contribution is 2.19. The molecule has 0 saturated carbocycles. The Morgan fingerprint density at radius 2 is 2.10 bits per heavy atom. The van der Waals surface area contributed by atoms with Crippen molar-refractivity contribution >= 4 is 22.6 Å². The van der Waals surface area contributed by atoms with Gasteiger partial charge in [0.25, 0.3) is 0 Å². The predicted molar refractivity (Wildman–Crippen MR) is 86.8 cm³/mol. The van der Waals surface area contributed by atoms with Gasteiger partial charge in [-0.05, 0) is 38.9 Å². The first-order valence-corrected chi connectivity index (χ1v) is 8.42. The highest BCUT2D eigenvalue weighted by Gasteiger charge is 2.19. The number of piperidine rings is 1. The maximum absolute atomic E-state index is 5.94. The van der Waals surface area contributed by atoms with Crippen molar-refractivity contribution in [2.75, 3.05) is 19.0 Å². The lowest BCUT2D eigenvalue weighted by Crippen LogP contribution is -2.40. The molecule has 1 fully saturated rings. The Morgan fingerprint density at radius 3 is 2.86 bits per heavy atom. The number of likely N-dealkylation sites (tertiary alicyclic amines) is 1. The van der Waals surface area contributed by atoms with E-state index in [9.17, 15) is 0 Å². The summed E-state index contributed by atoms with van der Waals surface area (Å²) >= 11 is 5.94. The normalized spacial score (nSPS) is 18.2. The topological polar surface area (TPSA) is 34.0 Å². The second-order valence-electron chi connectivity index (χ2n) is 5.89. The average molecular weight is 307 g/mol. The van der Waals surface area contributed by atoms with E-state index in [-0.39, 0.29) is 0 Å². The zero-order valence-corrected chi connectivity index (χ0v) is 13.4. The molecule has 5 heteroatoms. The molecular formula is C16H23ClN4. The molecule has 1 atom stereocenters. The minimum Gasteiger partial charge on any atom is -0.326 e. The highest BCUT2D eigenvalue weighted by molar-refractivity contribution is 6.17. The Balaban J connectivity index is 1.85. The molecule has 4 nitrogen and oxygen atoms in total. The maximum atomic E-state index is 5.94. The smallest absolute Gasteiger partial charge is 0.111 e. The molecule has 0 spiro atoms. The van der Waals surface area contributed by atoms with Crippen LogP contribution in [0.1, 0.15) is 32.0 Å².